The van der Waals surface area contributed by atoms with Gasteiger partial charge in [0, 0.05) is 13.6 Å². The molecular weight excluding hydrogens is 134 g/mol. The molecule has 0 aromatic heterocycles. The Morgan fingerprint density at radius 3 is 2.45 bits per heavy atom. The number of rotatable bonds is 5. The van der Waals surface area contributed by atoms with E-state index in [2.05, 4.69) is 31.9 Å². The fraction of sp³-hybridized carbons (Fsp3) is 0.600. The van der Waals surface area contributed by atoms with Gasteiger partial charge in [-0.2, -0.15) is 0 Å². The first-order valence-electron chi connectivity index (χ1n) is 4.08. The van der Waals surface area contributed by atoms with E-state index in [0.29, 0.717) is 5.92 Å². The molecule has 1 heteroatoms. The van der Waals surface area contributed by atoms with Gasteiger partial charge in [0.2, 0.25) is 0 Å². The van der Waals surface area contributed by atoms with Crippen molar-refractivity contribution in [1.82, 2.24) is 4.90 Å². The van der Waals surface area contributed by atoms with Gasteiger partial charge >= 0.3 is 0 Å². The van der Waals surface area contributed by atoms with Crippen LogP contribution in [0.4, 0.5) is 0 Å². The van der Waals surface area contributed by atoms with Crippen LogP contribution in [0.25, 0.3) is 0 Å². The van der Waals surface area contributed by atoms with Crippen molar-refractivity contribution in [1.29, 1.82) is 0 Å². The highest BCUT2D eigenvalue weighted by atomic mass is 15.1. The molecule has 0 amide bonds. The first-order chi connectivity index (χ1) is 5.07. The van der Waals surface area contributed by atoms with E-state index in [1.807, 2.05) is 13.2 Å². The molecule has 0 rings (SSSR count). The Morgan fingerprint density at radius 2 is 2.09 bits per heavy atom. The largest absolute Gasteiger partial charge is 0.381 e. The Hall–Kier alpha value is -0.720. The van der Waals surface area contributed by atoms with Crippen molar-refractivity contribution >= 4 is 0 Å². The second-order valence-corrected chi connectivity index (χ2v) is 3.23. The molecule has 1 nitrogen and oxygen atoms in total. The van der Waals surface area contributed by atoms with Crippen LogP contribution in [-0.4, -0.2) is 18.5 Å². The van der Waals surface area contributed by atoms with Gasteiger partial charge in [-0.15, -0.1) is 0 Å². The zero-order valence-corrected chi connectivity index (χ0v) is 7.93. The van der Waals surface area contributed by atoms with Crippen molar-refractivity contribution in [3.05, 3.63) is 24.9 Å². The topological polar surface area (TPSA) is 3.24 Å². The molecule has 0 aliphatic rings. The summed E-state index contributed by atoms with van der Waals surface area (Å²) in [5.41, 5.74) is 1.32. The highest BCUT2D eigenvalue weighted by Crippen LogP contribution is 2.10. The van der Waals surface area contributed by atoms with Gasteiger partial charge in [-0.25, -0.2) is 0 Å². The number of hydrogen-bond donors (Lipinski definition) is 0. The van der Waals surface area contributed by atoms with E-state index in [4.69, 9.17) is 0 Å². The van der Waals surface area contributed by atoms with Gasteiger partial charge < -0.3 is 4.90 Å². The fourth-order valence-electron chi connectivity index (χ4n) is 0.700. The Morgan fingerprint density at radius 1 is 1.55 bits per heavy atom. The van der Waals surface area contributed by atoms with Crippen LogP contribution in [0.1, 0.15) is 20.3 Å². The molecule has 0 unspecified atom stereocenters. The Bertz CT molecular complexity index is 136. The summed E-state index contributed by atoms with van der Waals surface area (Å²) >= 11 is 0. The lowest BCUT2D eigenvalue weighted by Gasteiger charge is -2.15. The maximum Gasteiger partial charge on any atom is 0.0206 e. The van der Waals surface area contributed by atoms with Crippen molar-refractivity contribution in [2.75, 3.05) is 13.6 Å². The second-order valence-electron chi connectivity index (χ2n) is 3.23. The third-order valence-electron chi connectivity index (χ3n) is 1.91. The molecule has 0 aromatic rings. The maximum atomic E-state index is 4.00. The Balaban J connectivity index is 3.54. The lowest BCUT2D eigenvalue weighted by molar-refractivity contribution is 0.453. The molecule has 0 spiro atoms. The van der Waals surface area contributed by atoms with Crippen molar-refractivity contribution in [2.24, 2.45) is 5.92 Å². The molecule has 0 heterocycles. The molecule has 0 aliphatic heterocycles. The Kier molecular flexibility index (Phi) is 4.67. The molecule has 11 heavy (non-hydrogen) atoms. The second kappa shape index (κ2) is 5.00. The fourth-order valence-corrected chi connectivity index (χ4v) is 0.700. The molecule has 0 aromatic carbocycles. The molecule has 0 atom stereocenters. The van der Waals surface area contributed by atoms with E-state index < -0.39 is 0 Å². The van der Waals surface area contributed by atoms with Crippen molar-refractivity contribution in [2.45, 2.75) is 20.3 Å². The van der Waals surface area contributed by atoms with Gasteiger partial charge in [0.1, 0.15) is 0 Å². The van der Waals surface area contributed by atoms with Gasteiger partial charge in [0.25, 0.3) is 0 Å². The lowest BCUT2D eigenvalue weighted by Crippen LogP contribution is -2.13. The minimum Gasteiger partial charge on any atom is -0.381 e. The average molecular weight is 153 g/mol. The third-order valence-corrected chi connectivity index (χ3v) is 1.91. The van der Waals surface area contributed by atoms with Crippen LogP contribution in [0.5, 0.6) is 0 Å². The zero-order valence-electron chi connectivity index (χ0n) is 7.93. The van der Waals surface area contributed by atoms with Crippen LogP contribution in [0, 0.1) is 5.92 Å². The first-order valence-corrected chi connectivity index (χ1v) is 4.08. The van der Waals surface area contributed by atoms with Crippen molar-refractivity contribution in [3.8, 4) is 0 Å². The zero-order chi connectivity index (χ0) is 8.85. The van der Waals surface area contributed by atoms with Crippen LogP contribution in [-0.2, 0) is 0 Å². The average Bonchev–Trinajstić information content (AvgIpc) is 1.99. The van der Waals surface area contributed by atoms with Crippen molar-refractivity contribution < 1.29 is 0 Å². The molecule has 0 bridgehead atoms. The predicted molar refractivity (Wildman–Crippen MR) is 51.4 cm³/mol. The van der Waals surface area contributed by atoms with Crippen LogP contribution < -0.4 is 0 Å². The highest BCUT2D eigenvalue weighted by molar-refractivity contribution is 4.98. The number of hydrogen-bond acceptors (Lipinski definition) is 1. The minimum atomic E-state index is 0.605. The summed E-state index contributed by atoms with van der Waals surface area (Å²) in [6.45, 7) is 13.1. The molecule has 0 fully saturated rings. The summed E-state index contributed by atoms with van der Waals surface area (Å²) in [6, 6.07) is 0. The lowest BCUT2D eigenvalue weighted by atomic mass is 10.0. The summed E-state index contributed by atoms with van der Waals surface area (Å²) in [7, 11) is 2.03. The predicted octanol–water partition coefficient (Wildman–Crippen LogP) is 2.66. The monoisotopic (exact) mass is 153 g/mol. The Labute approximate surface area is 70.4 Å². The van der Waals surface area contributed by atoms with Gasteiger partial charge in [-0.3, -0.25) is 0 Å². The molecule has 0 aliphatic carbocycles. The van der Waals surface area contributed by atoms with Crippen LogP contribution >= 0.6 is 0 Å². The van der Waals surface area contributed by atoms with E-state index in [-0.39, 0.29) is 0 Å². The summed E-state index contributed by atoms with van der Waals surface area (Å²) in [6.07, 6.45) is 2.91. The molecule has 0 radical (unpaired) electrons. The van der Waals surface area contributed by atoms with Crippen LogP contribution in [0.2, 0.25) is 0 Å². The van der Waals surface area contributed by atoms with E-state index in [0.717, 1.165) is 13.0 Å². The summed E-state index contributed by atoms with van der Waals surface area (Å²) in [4.78, 5) is 2.08. The molecular formula is C10H19N. The summed E-state index contributed by atoms with van der Waals surface area (Å²) < 4.78 is 0. The van der Waals surface area contributed by atoms with E-state index in [1.54, 1.807) is 0 Å². The van der Waals surface area contributed by atoms with Crippen LogP contribution in [0.3, 0.4) is 0 Å². The quantitative estimate of drug-likeness (QED) is 0.549. The smallest absolute Gasteiger partial charge is 0.0206 e. The van der Waals surface area contributed by atoms with Crippen molar-refractivity contribution in [3.63, 3.8) is 0 Å². The van der Waals surface area contributed by atoms with E-state index >= 15 is 0 Å². The third kappa shape index (κ3) is 4.65. The maximum absolute atomic E-state index is 4.00. The first kappa shape index (κ1) is 10.3. The molecule has 64 valence electrons. The highest BCUT2D eigenvalue weighted by Gasteiger charge is 1.99. The van der Waals surface area contributed by atoms with Crippen LogP contribution in [0.15, 0.2) is 24.9 Å². The van der Waals surface area contributed by atoms with Gasteiger partial charge in [-0.1, -0.05) is 32.6 Å². The molecule has 0 N–H and O–H groups in total. The number of nitrogens with zero attached hydrogens (tertiary/aromatic N) is 1. The van der Waals surface area contributed by atoms with Gasteiger partial charge in [0.05, 0.1) is 0 Å². The van der Waals surface area contributed by atoms with E-state index in [1.165, 1.54) is 5.57 Å². The van der Waals surface area contributed by atoms with Gasteiger partial charge in [0.15, 0.2) is 0 Å². The summed E-state index contributed by atoms with van der Waals surface area (Å²) in [5, 5.41) is 0. The minimum absolute atomic E-state index is 0.605. The summed E-state index contributed by atoms with van der Waals surface area (Å²) in [5.74, 6) is 0.605. The molecule has 0 saturated heterocycles. The standard InChI is InChI=1S/C10H19N/c1-6-11(5)8-7-10(4)9(2)3/h6,9H,1,4,7-8H2,2-3,5H3. The van der Waals surface area contributed by atoms with E-state index in [9.17, 15) is 0 Å². The SMILES string of the molecule is C=CN(C)CCC(=C)C(C)C. The normalized spacial score (nSPS) is 9.82. The molecule has 0 saturated carbocycles. The van der Waals surface area contributed by atoms with Gasteiger partial charge in [-0.05, 0) is 18.5 Å².